The molecule has 0 radical (unpaired) electrons. The van der Waals surface area contributed by atoms with Crippen LogP contribution < -0.4 is 5.46 Å². The van der Waals surface area contributed by atoms with Gasteiger partial charge in [-0.3, -0.25) is 0 Å². The molecule has 1 rings (SSSR count). The molecule has 0 aliphatic carbocycles. The maximum atomic E-state index is 13.5. The lowest BCUT2D eigenvalue weighted by molar-refractivity contribution is -0.137. The lowest BCUT2D eigenvalue weighted by Crippen LogP contribution is -2.39. The summed E-state index contributed by atoms with van der Waals surface area (Å²) < 4.78 is 50.8. The average Bonchev–Trinajstić information content (AvgIpc) is 2.15. The summed E-state index contributed by atoms with van der Waals surface area (Å²) in [5.74, 6) is -1.25. The highest BCUT2D eigenvalue weighted by Crippen LogP contribution is 2.30. The molecule has 0 saturated carbocycles. The molecule has 2 nitrogen and oxygen atoms in total. The van der Waals surface area contributed by atoms with Gasteiger partial charge in [0.05, 0.1) is 5.56 Å². The quantitative estimate of drug-likeness (QED) is 0.474. The number of benzene rings is 1. The summed E-state index contributed by atoms with van der Waals surface area (Å²) in [5.41, 5.74) is -2.52. The van der Waals surface area contributed by atoms with Crippen LogP contribution in [0.1, 0.15) is 5.56 Å². The topological polar surface area (TPSA) is 40.5 Å². The van der Waals surface area contributed by atoms with Gasteiger partial charge in [-0.15, -0.1) is 11.8 Å². The Morgan fingerprint density at radius 1 is 1.25 bits per heavy atom. The minimum atomic E-state index is -4.82. The second kappa shape index (κ2) is 4.64. The molecular weight excluding hydrogens is 247 g/mol. The minimum absolute atomic E-state index is 0.0731. The van der Waals surface area contributed by atoms with Crippen LogP contribution in [0.5, 0.6) is 0 Å². The SMILES string of the molecule is CSc1ccc(C(F)(F)F)c(B(O)O)c1F. The van der Waals surface area contributed by atoms with Gasteiger partial charge >= 0.3 is 13.3 Å². The highest BCUT2D eigenvalue weighted by molar-refractivity contribution is 7.98. The minimum Gasteiger partial charge on any atom is -0.423 e. The lowest BCUT2D eigenvalue weighted by atomic mass is 9.76. The number of hydrogen-bond acceptors (Lipinski definition) is 3. The molecule has 16 heavy (non-hydrogen) atoms. The Balaban J connectivity index is 3.47. The molecule has 0 heterocycles. The van der Waals surface area contributed by atoms with Crippen LogP contribution in [0.3, 0.4) is 0 Å². The molecule has 88 valence electrons. The van der Waals surface area contributed by atoms with E-state index in [-0.39, 0.29) is 4.90 Å². The van der Waals surface area contributed by atoms with Gasteiger partial charge in [-0.1, -0.05) is 0 Å². The van der Waals surface area contributed by atoms with Gasteiger partial charge in [-0.25, -0.2) is 4.39 Å². The standard InChI is InChI=1S/C8H7BF4O2S/c1-16-5-3-2-4(8(11,12)13)6(7(5)10)9(14)15/h2-3,14-15H,1H3. The monoisotopic (exact) mass is 254 g/mol. The molecule has 0 saturated heterocycles. The summed E-state index contributed by atoms with van der Waals surface area (Å²) >= 11 is 0.882. The Morgan fingerprint density at radius 2 is 1.81 bits per heavy atom. The third-order valence-electron chi connectivity index (χ3n) is 1.93. The molecule has 2 N–H and O–H groups in total. The van der Waals surface area contributed by atoms with Crippen molar-refractivity contribution in [3.8, 4) is 0 Å². The third kappa shape index (κ3) is 2.50. The fraction of sp³-hybridized carbons (Fsp3) is 0.250. The zero-order valence-corrected chi connectivity index (χ0v) is 8.86. The molecule has 0 aliphatic rings. The fourth-order valence-electron chi connectivity index (χ4n) is 1.23. The van der Waals surface area contributed by atoms with E-state index in [1.807, 2.05) is 0 Å². The molecule has 0 atom stereocenters. The summed E-state index contributed by atoms with van der Waals surface area (Å²) in [6.45, 7) is 0. The number of thioether (sulfide) groups is 1. The van der Waals surface area contributed by atoms with Gasteiger partial charge in [0.25, 0.3) is 0 Å². The van der Waals surface area contributed by atoms with E-state index in [1.165, 1.54) is 6.26 Å². The van der Waals surface area contributed by atoms with Crippen LogP contribution in [-0.2, 0) is 6.18 Å². The van der Waals surface area contributed by atoms with Crippen molar-refractivity contribution < 1.29 is 27.6 Å². The van der Waals surface area contributed by atoms with Gasteiger partial charge in [0, 0.05) is 10.4 Å². The summed E-state index contributed by atoms with van der Waals surface area (Å²) in [7, 11) is -2.50. The Morgan fingerprint density at radius 3 is 2.19 bits per heavy atom. The van der Waals surface area contributed by atoms with Crippen molar-refractivity contribution in [1.29, 1.82) is 0 Å². The molecular formula is C8H7BF4O2S. The number of rotatable bonds is 2. The molecule has 0 aromatic heterocycles. The second-order valence-corrected chi connectivity index (χ2v) is 3.76. The molecule has 0 unspecified atom stereocenters. The maximum absolute atomic E-state index is 13.5. The van der Waals surface area contributed by atoms with Crippen LogP contribution in [0.2, 0.25) is 0 Å². The third-order valence-corrected chi connectivity index (χ3v) is 2.68. The van der Waals surface area contributed by atoms with Crippen LogP contribution in [-0.4, -0.2) is 23.4 Å². The van der Waals surface area contributed by atoms with Crippen molar-refractivity contribution >= 4 is 24.3 Å². The van der Waals surface area contributed by atoms with Crippen molar-refractivity contribution in [3.05, 3.63) is 23.5 Å². The molecule has 8 heteroatoms. The van der Waals surface area contributed by atoms with Crippen molar-refractivity contribution in [2.24, 2.45) is 0 Å². The first kappa shape index (κ1) is 13.3. The fourth-order valence-corrected chi connectivity index (χ4v) is 1.72. The predicted octanol–water partition coefficient (Wildman–Crippen LogP) is 1.25. The van der Waals surface area contributed by atoms with E-state index >= 15 is 0 Å². The normalized spacial score (nSPS) is 11.7. The number of halogens is 4. The molecule has 0 fully saturated rings. The zero-order valence-electron chi connectivity index (χ0n) is 8.05. The van der Waals surface area contributed by atoms with Crippen LogP contribution in [0, 0.1) is 5.82 Å². The van der Waals surface area contributed by atoms with Crippen molar-refractivity contribution in [3.63, 3.8) is 0 Å². The average molecular weight is 254 g/mol. The highest BCUT2D eigenvalue weighted by Gasteiger charge is 2.38. The van der Waals surface area contributed by atoms with Gasteiger partial charge in [0.15, 0.2) is 0 Å². The maximum Gasteiger partial charge on any atom is 0.492 e. The largest absolute Gasteiger partial charge is 0.492 e. The summed E-state index contributed by atoms with van der Waals surface area (Å²) in [5, 5.41) is 17.5. The Hall–Kier alpha value is -0.725. The van der Waals surface area contributed by atoms with Gasteiger partial charge < -0.3 is 10.0 Å². The Bertz CT molecular complexity index is 394. The lowest BCUT2D eigenvalue weighted by Gasteiger charge is -2.14. The first-order valence-electron chi connectivity index (χ1n) is 4.08. The molecule has 0 amide bonds. The van der Waals surface area contributed by atoms with E-state index in [0.717, 1.165) is 17.8 Å². The van der Waals surface area contributed by atoms with Crippen LogP contribution in [0.25, 0.3) is 0 Å². The summed E-state index contributed by atoms with van der Waals surface area (Å²) in [4.78, 5) is -0.0731. The smallest absolute Gasteiger partial charge is 0.423 e. The van der Waals surface area contributed by atoms with Crippen LogP contribution in [0.15, 0.2) is 17.0 Å². The molecule has 1 aromatic rings. The van der Waals surface area contributed by atoms with Crippen molar-refractivity contribution in [1.82, 2.24) is 0 Å². The van der Waals surface area contributed by atoms with Gasteiger partial charge in [-0.2, -0.15) is 13.2 Å². The zero-order chi connectivity index (χ0) is 12.5. The molecule has 1 aromatic carbocycles. The summed E-state index contributed by atoms with van der Waals surface area (Å²) in [6.07, 6.45) is -3.35. The van der Waals surface area contributed by atoms with Gasteiger partial charge in [-0.05, 0) is 18.4 Å². The Kier molecular flexibility index (Phi) is 3.87. The van der Waals surface area contributed by atoms with E-state index < -0.39 is 30.1 Å². The van der Waals surface area contributed by atoms with E-state index in [9.17, 15) is 17.6 Å². The predicted molar refractivity (Wildman–Crippen MR) is 53.0 cm³/mol. The van der Waals surface area contributed by atoms with Crippen molar-refractivity contribution in [2.75, 3.05) is 6.26 Å². The Labute approximate surface area is 93.4 Å². The van der Waals surface area contributed by atoms with Crippen LogP contribution in [0.4, 0.5) is 17.6 Å². The molecule has 0 spiro atoms. The summed E-state index contributed by atoms with van der Waals surface area (Å²) in [6, 6.07) is 1.58. The van der Waals surface area contributed by atoms with E-state index in [1.54, 1.807) is 0 Å². The van der Waals surface area contributed by atoms with Gasteiger partial charge in [0.2, 0.25) is 0 Å². The van der Waals surface area contributed by atoms with Gasteiger partial charge in [0.1, 0.15) is 5.82 Å². The number of alkyl halides is 3. The molecule has 0 bridgehead atoms. The van der Waals surface area contributed by atoms with E-state index in [4.69, 9.17) is 10.0 Å². The first-order chi connectivity index (χ1) is 7.29. The highest BCUT2D eigenvalue weighted by atomic mass is 32.2. The van der Waals surface area contributed by atoms with Crippen LogP contribution >= 0.6 is 11.8 Å². The van der Waals surface area contributed by atoms with E-state index in [2.05, 4.69) is 0 Å². The van der Waals surface area contributed by atoms with Crippen molar-refractivity contribution in [2.45, 2.75) is 11.1 Å². The first-order valence-corrected chi connectivity index (χ1v) is 5.31. The second-order valence-electron chi connectivity index (χ2n) is 2.91. The number of hydrogen-bond donors (Lipinski definition) is 2. The van der Waals surface area contributed by atoms with E-state index in [0.29, 0.717) is 6.07 Å². The molecule has 0 aliphatic heterocycles.